The highest BCUT2D eigenvalue weighted by molar-refractivity contribution is 8.76. The summed E-state index contributed by atoms with van der Waals surface area (Å²) in [4.78, 5) is 23.3. The number of hydrogen-bond acceptors (Lipinski definition) is 6. The minimum absolute atomic E-state index is 0.0229. The van der Waals surface area contributed by atoms with Gasteiger partial charge >= 0.3 is 6.09 Å². The van der Waals surface area contributed by atoms with E-state index < -0.39 is 11.7 Å². The van der Waals surface area contributed by atoms with E-state index in [1.165, 1.54) is 6.07 Å². The van der Waals surface area contributed by atoms with Gasteiger partial charge in [0.25, 0.3) is 5.91 Å². The number of alkyl carbamates (subject to hydrolysis) is 1. The van der Waals surface area contributed by atoms with Gasteiger partial charge in [0, 0.05) is 24.6 Å². The van der Waals surface area contributed by atoms with Crippen LogP contribution in [-0.4, -0.2) is 47.3 Å². The number of carbonyl (C=O) groups excluding carboxylic acids is 2. The fraction of sp³-hybridized carbons (Fsp3) is 0.500. The predicted molar refractivity (Wildman–Crippen MR) is 99.6 cm³/mol. The Hall–Kier alpha value is -1.54. The summed E-state index contributed by atoms with van der Waals surface area (Å²) in [5, 5.41) is 15.0. The van der Waals surface area contributed by atoms with E-state index in [1.54, 1.807) is 39.8 Å². The van der Waals surface area contributed by atoms with Gasteiger partial charge in [-0.2, -0.15) is 0 Å². The molecule has 0 bridgehead atoms. The van der Waals surface area contributed by atoms with Crippen LogP contribution in [0.4, 0.5) is 4.79 Å². The Labute approximate surface area is 150 Å². The molecule has 0 spiro atoms. The van der Waals surface area contributed by atoms with Crippen molar-refractivity contribution in [1.82, 2.24) is 10.6 Å². The summed E-state index contributed by atoms with van der Waals surface area (Å²) >= 11 is 0. The molecule has 0 aromatic heterocycles. The Morgan fingerprint density at radius 1 is 1.08 bits per heavy atom. The van der Waals surface area contributed by atoms with Crippen molar-refractivity contribution in [2.75, 3.05) is 24.6 Å². The lowest BCUT2D eigenvalue weighted by atomic mass is 10.2. The fourth-order valence-corrected chi connectivity index (χ4v) is 3.41. The maximum atomic E-state index is 11.8. The van der Waals surface area contributed by atoms with E-state index >= 15 is 0 Å². The van der Waals surface area contributed by atoms with Gasteiger partial charge in [-0.25, -0.2) is 4.79 Å². The number of benzene rings is 1. The summed E-state index contributed by atoms with van der Waals surface area (Å²) in [6, 6.07) is 6.44. The fourth-order valence-electron chi connectivity index (χ4n) is 1.59. The van der Waals surface area contributed by atoms with Crippen LogP contribution in [0.2, 0.25) is 0 Å². The van der Waals surface area contributed by atoms with E-state index in [2.05, 4.69) is 10.6 Å². The minimum Gasteiger partial charge on any atom is -0.507 e. The van der Waals surface area contributed by atoms with Crippen LogP contribution in [0.15, 0.2) is 24.3 Å². The van der Waals surface area contributed by atoms with Crippen LogP contribution in [-0.2, 0) is 4.74 Å². The largest absolute Gasteiger partial charge is 0.507 e. The number of aromatic hydroxyl groups is 1. The van der Waals surface area contributed by atoms with Crippen LogP contribution in [0.25, 0.3) is 0 Å². The number of rotatable bonds is 8. The molecule has 0 aliphatic heterocycles. The molecule has 1 aromatic rings. The Bertz CT molecular complexity index is 547. The number of nitrogens with one attached hydrogen (secondary N) is 2. The summed E-state index contributed by atoms with van der Waals surface area (Å²) in [6.07, 6.45) is -0.414. The van der Waals surface area contributed by atoms with Crippen molar-refractivity contribution in [3.05, 3.63) is 29.8 Å². The first-order valence-corrected chi connectivity index (χ1v) is 10.1. The van der Waals surface area contributed by atoms with Crippen molar-refractivity contribution < 1.29 is 19.4 Å². The summed E-state index contributed by atoms with van der Waals surface area (Å²) in [6.45, 7) is 6.49. The first kappa shape index (κ1) is 20.5. The van der Waals surface area contributed by atoms with Crippen LogP contribution < -0.4 is 10.6 Å². The van der Waals surface area contributed by atoms with Gasteiger partial charge in [-0.05, 0) is 32.9 Å². The van der Waals surface area contributed by atoms with Gasteiger partial charge in [0.15, 0.2) is 0 Å². The van der Waals surface area contributed by atoms with Gasteiger partial charge in [0.05, 0.1) is 5.56 Å². The maximum Gasteiger partial charge on any atom is 0.407 e. The van der Waals surface area contributed by atoms with Crippen LogP contribution >= 0.6 is 21.6 Å². The smallest absolute Gasteiger partial charge is 0.407 e. The van der Waals surface area contributed by atoms with Gasteiger partial charge in [0.2, 0.25) is 0 Å². The molecule has 8 heteroatoms. The van der Waals surface area contributed by atoms with Crippen LogP contribution in [0.3, 0.4) is 0 Å². The zero-order chi connectivity index (χ0) is 18.0. The molecule has 0 radical (unpaired) electrons. The van der Waals surface area contributed by atoms with Gasteiger partial charge in [-0.1, -0.05) is 33.7 Å². The lowest BCUT2D eigenvalue weighted by Crippen LogP contribution is -2.33. The molecule has 6 nitrogen and oxygen atoms in total. The third-order valence-electron chi connectivity index (χ3n) is 2.56. The standard InChI is InChI=1S/C16H24N2O4S2/c1-16(2,3)22-15(21)18-9-11-24-23-10-8-17-14(20)12-6-4-5-7-13(12)19/h4-7,19H,8-11H2,1-3H3,(H,17,20)(H,18,21). The van der Waals surface area contributed by atoms with Crippen molar-refractivity contribution in [1.29, 1.82) is 0 Å². The summed E-state index contributed by atoms with van der Waals surface area (Å²) in [7, 11) is 3.22. The molecule has 134 valence electrons. The van der Waals surface area contributed by atoms with Gasteiger partial charge in [0.1, 0.15) is 11.4 Å². The quantitative estimate of drug-likeness (QED) is 0.480. The molecule has 0 fully saturated rings. The number of phenols is 1. The predicted octanol–water partition coefficient (Wildman–Crippen LogP) is 3.03. The topological polar surface area (TPSA) is 87.7 Å². The first-order chi connectivity index (χ1) is 11.3. The second-order valence-corrected chi connectivity index (χ2v) is 8.55. The first-order valence-electron chi connectivity index (χ1n) is 7.57. The average Bonchev–Trinajstić information content (AvgIpc) is 2.48. The van der Waals surface area contributed by atoms with Crippen molar-refractivity contribution in [2.45, 2.75) is 26.4 Å². The van der Waals surface area contributed by atoms with Crippen molar-refractivity contribution in [3.8, 4) is 5.75 Å². The molecule has 0 aliphatic carbocycles. The molecule has 0 atom stereocenters. The molecule has 0 saturated carbocycles. The molecule has 0 unspecified atom stereocenters. The van der Waals surface area contributed by atoms with E-state index in [1.807, 2.05) is 20.8 Å². The lowest BCUT2D eigenvalue weighted by Gasteiger charge is -2.19. The molecule has 0 aliphatic rings. The second kappa shape index (κ2) is 10.4. The number of ether oxygens (including phenoxy) is 1. The van der Waals surface area contributed by atoms with Gasteiger partial charge in [-0.15, -0.1) is 0 Å². The number of para-hydroxylation sites is 1. The third-order valence-corrected chi connectivity index (χ3v) is 4.96. The Morgan fingerprint density at radius 3 is 2.25 bits per heavy atom. The molecule has 0 heterocycles. The number of carbonyl (C=O) groups is 2. The average molecular weight is 373 g/mol. The van der Waals surface area contributed by atoms with Crippen molar-refractivity contribution in [2.24, 2.45) is 0 Å². The lowest BCUT2D eigenvalue weighted by molar-refractivity contribution is 0.0531. The van der Waals surface area contributed by atoms with Crippen molar-refractivity contribution in [3.63, 3.8) is 0 Å². The third kappa shape index (κ3) is 8.93. The monoisotopic (exact) mass is 372 g/mol. The Morgan fingerprint density at radius 2 is 1.67 bits per heavy atom. The highest BCUT2D eigenvalue weighted by Crippen LogP contribution is 2.20. The Balaban J connectivity index is 2.04. The SMILES string of the molecule is CC(C)(C)OC(=O)NCCSSCCNC(=O)c1ccccc1O. The molecule has 24 heavy (non-hydrogen) atoms. The number of phenolic OH excluding ortho intramolecular Hbond substituents is 1. The van der Waals surface area contributed by atoms with E-state index in [9.17, 15) is 14.7 Å². The van der Waals surface area contributed by atoms with Gasteiger partial charge in [-0.3, -0.25) is 4.79 Å². The molecule has 1 aromatic carbocycles. The molecule has 1 rings (SSSR count). The van der Waals surface area contributed by atoms with Crippen LogP contribution in [0.5, 0.6) is 5.75 Å². The highest BCUT2D eigenvalue weighted by Gasteiger charge is 2.15. The molecule has 3 N–H and O–H groups in total. The van der Waals surface area contributed by atoms with E-state index in [4.69, 9.17) is 4.74 Å². The Kier molecular flexibility index (Phi) is 8.84. The summed E-state index contributed by atoms with van der Waals surface area (Å²) in [5.41, 5.74) is -0.214. The number of amides is 2. The second-order valence-electron chi connectivity index (χ2n) is 5.85. The summed E-state index contributed by atoms with van der Waals surface area (Å²) in [5.74, 6) is 1.17. The van der Waals surface area contributed by atoms with Crippen LogP contribution in [0, 0.1) is 0 Å². The zero-order valence-corrected chi connectivity index (χ0v) is 15.8. The molecular weight excluding hydrogens is 348 g/mol. The molecular formula is C16H24N2O4S2. The molecule has 0 saturated heterocycles. The van der Waals surface area contributed by atoms with Crippen molar-refractivity contribution >= 4 is 33.6 Å². The minimum atomic E-state index is -0.489. The van der Waals surface area contributed by atoms with E-state index in [-0.39, 0.29) is 17.2 Å². The highest BCUT2D eigenvalue weighted by atomic mass is 33.1. The van der Waals surface area contributed by atoms with E-state index in [0.29, 0.717) is 13.1 Å². The van der Waals surface area contributed by atoms with E-state index in [0.717, 1.165) is 11.5 Å². The van der Waals surface area contributed by atoms with Gasteiger partial charge < -0.3 is 20.5 Å². The number of hydrogen-bond donors (Lipinski definition) is 3. The normalized spacial score (nSPS) is 11.0. The summed E-state index contributed by atoms with van der Waals surface area (Å²) < 4.78 is 5.13. The molecule has 2 amide bonds. The maximum absolute atomic E-state index is 11.8. The van der Waals surface area contributed by atoms with Crippen LogP contribution in [0.1, 0.15) is 31.1 Å². The zero-order valence-electron chi connectivity index (χ0n) is 14.1.